The Morgan fingerprint density at radius 2 is 2.06 bits per heavy atom. The van der Waals surface area contributed by atoms with Crippen molar-refractivity contribution in [2.75, 3.05) is 17.7 Å². The molecule has 2 rings (SSSR count). The lowest BCUT2D eigenvalue weighted by Gasteiger charge is -2.07. The summed E-state index contributed by atoms with van der Waals surface area (Å²) in [6.07, 6.45) is 3.64. The molecule has 2 heterocycles. The number of nitrogens with zero attached hydrogens (tertiary/aromatic N) is 1. The van der Waals surface area contributed by atoms with Crippen LogP contribution in [0.5, 0.6) is 0 Å². The number of rotatable bonds is 4. The van der Waals surface area contributed by atoms with E-state index in [0.717, 1.165) is 17.9 Å². The van der Waals surface area contributed by atoms with E-state index in [2.05, 4.69) is 39.4 Å². The van der Waals surface area contributed by atoms with Gasteiger partial charge in [-0.3, -0.25) is 4.98 Å². The molecular formula is C12H15N3S. The largest absolute Gasteiger partial charge is 0.387 e. The molecule has 3 nitrogen and oxygen atoms in total. The first-order valence-electron chi connectivity index (χ1n) is 5.18. The number of nitrogens with one attached hydrogen (secondary N) is 2. The highest BCUT2D eigenvalue weighted by molar-refractivity contribution is 7.08. The van der Waals surface area contributed by atoms with Crippen molar-refractivity contribution in [1.29, 1.82) is 0 Å². The molecule has 0 spiro atoms. The van der Waals surface area contributed by atoms with Crippen LogP contribution < -0.4 is 10.6 Å². The van der Waals surface area contributed by atoms with Gasteiger partial charge in [-0.25, -0.2) is 0 Å². The molecule has 0 aliphatic carbocycles. The molecule has 0 atom stereocenters. The van der Waals surface area contributed by atoms with Crippen molar-refractivity contribution in [1.82, 2.24) is 4.98 Å². The summed E-state index contributed by atoms with van der Waals surface area (Å²) in [5.41, 5.74) is 4.75. The van der Waals surface area contributed by atoms with Gasteiger partial charge in [0.15, 0.2) is 0 Å². The topological polar surface area (TPSA) is 37.0 Å². The van der Waals surface area contributed by atoms with Crippen LogP contribution in [-0.4, -0.2) is 12.0 Å². The van der Waals surface area contributed by atoms with Gasteiger partial charge in [0, 0.05) is 13.6 Å². The lowest BCUT2D eigenvalue weighted by Crippen LogP contribution is -2.00. The van der Waals surface area contributed by atoms with Gasteiger partial charge in [-0.15, -0.1) is 0 Å². The number of aromatic nitrogens is 1. The molecule has 0 aliphatic heterocycles. The fraction of sp³-hybridized carbons (Fsp3) is 0.250. The second-order valence-corrected chi connectivity index (χ2v) is 4.39. The molecule has 16 heavy (non-hydrogen) atoms. The lowest BCUT2D eigenvalue weighted by molar-refractivity contribution is 1.13. The lowest BCUT2D eigenvalue weighted by atomic mass is 10.2. The maximum Gasteiger partial charge on any atom is 0.0550 e. The summed E-state index contributed by atoms with van der Waals surface area (Å²) < 4.78 is 0. The minimum atomic E-state index is 0.851. The van der Waals surface area contributed by atoms with E-state index in [1.165, 1.54) is 11.1 Å². The molecule has 0 radical (unpaired) electrons. The van der Waals surface area contributed by atoms with Crippen LogP contribution in [0.1, 0.15) is 11.1 Å². The van der Waals surface area contributed by atoms with E-state index in [9.17, 15) is 0 Å². The van der Waals surface area contributed by atoms with Gasteiger partial charge in [-0.2, -0.15) is 11.3 Å². The zero-order chi connectivity index (χ0) is 11.4. The Morgan fingerprint density at radius 1 is 1.25 bits per heavy atom. The summed E-state index contributed by atoms with van der Waals surface area (Å²) in [6, 6.07) is 2.05. The smallest absolute Gasteiger partial charge is 0.0550 e. The summed E-state index contributed by atoms with van der Waals surface area (Å²) in [6.45, 7) is 2.99. The second-order valence-electron chi connectivity index (χ2n) is 3.65. The van der Waals surface area contributed by atoms with Crippen LogP contribution in [0.15, 0.2) is 29.2 Å². The van der Waals surface area contributed by atoms with Crippen LogP contribution in [0.3, 0.4) is 0 Å². The third kappa shape index (κ3) is 2.52. The van der Waals surface area contributed by atoms with Crippen LogP contribution in [-0.2, 0) is 6.54 Å². The van der Waals surface area contributed by atoms with Gasteiger partial charge in [0.05, 0.1) is 23.8 Å². The Labute approximate surface area is 99.5 Å². The van der Waals surface area contributed by atoms with Crippen LogP contribution >= 0.6 is 11.3 Å². The standard InChI is InChI=1S/C12H15N3S/c1-9-7-16-8-10(9)4-15-12-3-11(13-2)5-14-6-12/h3,5-8,13,15H,4H2,1-2H3. The minimum Gasteiger partial charge on any atom is -0.387 e. The first-order valence-corrected chi connectivity index (χ1v) is 6.12. The van der Waals surface area contributed by atoms with Crippen molar-refractivity contribution in [3.8, 4) is 0 Å². The molecule has 2 aromatic heterocycles. The average molecular weight is 233 g/mol. The Hall–Kier alpha value is -1.55. The minimum absolute atomic E-state index is 0.851. The van der Waals surface area contributed by atoms with Crippen LogP contribution in [0, 0.1) is 6.92 Å². The first kappa shape index (κ1) is 11.0. The zero-order valence-electron chi connectivity index (χ0n) is 9.45. The second kappa shape index (κ2) is 4.99. The van der Waals surface area contributed by atoms with E-state index in [1.807, 2.05) is 13.2 Å². The highest BCUT2D eigenvalue weighted by Gasteiger charge is 1.99. The molecule has 84 valence electrons. The highest BCUT2D eigenvalue weighted by Crippen LogP contribution is 2.17. The van der Waals surface area contributed by atoms with Crippen molar-refractivity contribution in [2.24, 2.45) is 0 Å². The van der Waals surface area contributed by atoms with Gasteiger partial charge >= 0.3 is 0 Å². The maximum absolute atomic E-state index is 4.16. The van der Waals surface area contributed by atoms with Crippen LogP contribution in [0.4, 0.5) is 11.4 Å². The third-order valence-electron chi connectivity index (χ3n) is 2.47. The molecule has 0 amide bonds. The Morgan fingerprint density at radius 3 is 2.75 bits per heavy atom. The first-order chi connectivity index (χ1) is 7.79. The molecule has 0 aliphatic rings. The van der Waals surface area contributed by atoms with Crippen molar-refractivity contribution < 1.29 is 0 Å². The van der Waals surface area contributed by atoms with Gasteiger partial charge in [0.1, 0.15) is 0 Å². The van der Waals surface area contributed by atoms with Crippen molar-refractivity contribution >= 4 is 22.7 Å². The van der Waals surface area contributed by atoms with E-state index < -0.39 is 0 Å². The molecule has 0 saturated carbocycles. The molecule has 2 N–H and O–H groups in total. The Kier molecular flexibility index (Phi) is 3.41. The van der Waals surface area contributed by atoms with Crippen molar-refractivity contribution in [3.63, 3.8) is 0 Å². The van der Waals surface area contributed by atoms with E-state index in [4.69, 9.17) is 0 Å². The number of hydrogen-bond acceptors (Lipinski definition) is 4. The molecule has 0 aromatic carbocycles. The maximum atomic E-state index is 4.16. The van der Waals surface area contributed by atoms with E-state index >= 15 is 0 Å². The Balaban J connectivity index is 2.02. The van der Waals surface area contributed by atoms with Crippen LogP contribution in [0.2, 0.25) is 0 Å². The number of anilines is 2. The summed E-state index contributed by atoms with van der Waals surface area (Å²) in [5, 5.41) is 10.8. The Bertz CT molecular complexity index is 465. The predicted molar refractivity (Wildman–Crippen MR) is 70.2 cm³/mol. The van der Waals surface area contributed by atoms with Gasteiger partial charge in [0.2, 0.25) is 0 Å². The van der Waals surface area contributed by atoms with Crippen molar-refractivity contribution in [3.05, 3.63) is 40.3 Å². The molecule has 0 unspecified atom stereocenters. The summed E-state index contributed by atoms with van der Waals surface area (Å²) in [4.78, 5) is 4.16. The van der Waals surface area contributed by atoms with Gasteiger partial charge in [0.25, 0.3) is 0 Å². The quantitative estimate of drug-likeness (QED) is 0.852. The molecule has 0 bridgehead atoms. The van der Waals surface area contributed by atoms with Gasteiger partial charge in [-0.05, 0) is 34.9 Å². The van der Waals surface area contributed by atoms with E-state index in [1.54, 1.807) is 17.5 Å². The summed E-state index contributed by atoms with van der Waals surface area (Å²) in [5.74, 6) is 0. The monoisotopic (exact) mass is 233 g/mol. The van der Waals surface area contributed by atoms with Gasteiger partial charge < -0.3 is 10.6 Å². The fourth-order valence-corrected chi connectivity index (χ4v) is 2.30. The highest BCUT2D eigenvalue weighted by atomic mass is 32.1. The van der Waals surface area contributed by atoms with Crippen molar-refractivity contribution in [2.45, 2.75) is 13.5 Å². The molecule has 2 aromatic rings. The zero-order valence-corrected chi connectivity index (χ0v) is 10.3. The number of thiophene rings is 1. The molecule has 0 saturated heterocycles. The molecule has 0 fully saturated rings. The average Bonchev–Trinajstić information content (AvgIpc) is 2.72. The summed E-state index contributed by atoms with van der Waals surface area (Å²) in [7, 11) is 1.89. The molecular weight excluding hydrogens is 218 g/mol. The normalized spacial score (nSPS) is 10.1. The van der Waals surface area contributed by atoms with Crippen LogP contribution in [0.25, 0.3) is 0 Å². The van der Waals surface area contributed by atoms with E-state index in [-0.39, 0.29) is 0 Å². The predicted octanol–water partition coefficient (Wildman–Crippen LogP) is 3.11. The number of hydrogen-bond donors (Lipinski definition) is 2. The third-order valence-corrected chi connectivity index (χ3v) is 3.38. The molecule has 4 heteroatoms. The number of pyridine rings is 1. The van der Waals surface area contributed by atoms with Gasteiger partial charge in [-0.1, -0.05) is 0 Å². The fourth-order valence-electron chi connectivity index (χ4n) is 1.44. The van der Waals surface area contributed by atoms with E-state index in [0.29, 0.717) is 0 Å². The summed E-state index contributed by atoms with van der Waals surface area (Å²) >= 11 is 1.74. The number of aryl methyl sites for hydroxylation is 1. The SMILES string of the molecule is CNc1cncc(NCc2cscc2C)c1.